The van der Waals surface area contributed by atoms with E-state index < -0.39 is 0 Å². The first kappa shape index (κ1) is 17.5. The molecular weight excluding hydrogens is 334 g/mol. The number of aromatic nitrogens is 2. The molecule has 0 radical (unpaired) electrons. The number of nitrogen functional groups attached to an aromatic ring is 1. The Morgan fingerprint density at radius 3 is 2.84 bits per heavy atom. The van der Waals surface area contributed by atoms with E-state index in [2.05, 4.69) is 26.7 Å². The van der Waals surface area contributed by atoms with Crippen molar-refractivity contribution in [2.24, 2.45) is 0 Å². The predicted molar refractivity (Wildman–Crippen MR) is 106 cm³/mol. The number of nitrogens with two attached hydrogens (primary N) is 1. The largest absolute Gasteiger partial charge is 0.393 e. The Kier molecular flexibility index (Phi) is 5.76. The van der Waals surface area contributed by atoms with Crippen molar-refractivity contribution in [1.82, 2.24) is 9.97 Å². The van der Waals surface area contributed by atoms with Crippen molar-refractivity contribution in [3.63, 3.8) is 0 Å². The Morgan fingerprint density at radius 2 is 2.04 bits per heavy atom. The Bertz CT molecular complexity index is 772. The molecule has 2 aromatic rings. The van der Waals surface area contributed by atoms with Crippen molar-refractivity contribution < 1.29 is 0 Å². The molecule has 1 aliphatic carbocycles. The van der Waals surface area contributed by atoms with Crippen LogP contribution in [0.3, 0.4) is 0 Å². The van der Waals surface area contributed by atoms with E-state index in [0.29, 0.717) is 22.3 Å². The fourth-order valence-electron chi connectivity index (χ4n) is 2.97. The van der Waals surface area contributed by atoms with Gasteiger partial charge in [-0.15, -0.1) is 0 Å². The van der Waals surface area contributed by atoms with Gasteiger partial charge in [0.15, 0.2) is 11.6 Å². The number of halogens is 1. The molecule has 0 aliphatic heterocycles. The zero-order valence-electron chi connectivity index (χ0n) is 14.5. The monoisotopic (exact) mass is 357 g/mol. The van der Waals surface area contributed by atoms with Gasteiger partial charge in [-0.25, -0.2) is 9.97 Å². The summed E-state index contributed by atoms with van der Waals surface area (Å²) in [7, 11) is 0. The van der Waals surface area contributed by atoms with Crippen LogP contribution in [0.15, 0.2) is 36.2 Å². The van der Waals surface area contributed by atoms with Gasteiger partial charge in [0, 0.05) is 17.3 Å². The summed E-state index contributed by atoms with van der Waals surface area (Å²) in [5, 5.41) is 7.25. The van der Waals surface area contributed by atoms with Gasteiger partial charge >= 0.3 is 0 Å². The van der Waals surface area contributed by atoms with Crippen molar-refractivity contribution in [2.45, 2.75) is 39.0 Å². The second-order valence-corrected chi connectivity index (χ2v) is 6.79. The van der Waals surface area contributed by atoms with Crippen molar-refractivity contribution in [3.8, 4) is 0 Å². The lowest BCUT2D eigenvalue weighted by atomic mass is 9.97. The summed E-state index contributed by atoms with van der Waals surface area (Å²) >= 11 is 6.07. The highest BCUT2D eigenvalue weighted by atomic mass is 35.5. The fourth-order valence-corrected chi connectivity index (χ4v) is 3.14. The third kappa shape index (κ3) is 4.63. The van der Waals surface area contributed by atoms with Crippen molar-refractivity contribution in [3.05, 3.63) is 46.8 Å². The minimum atomic E-state index is 0.513. The summed E-state index contributed by atoms with van der Waals surface area (Å²) in [5.74, 6) is 1.24. The molecule has 0 atom stereocenters. The van der Waals surface area contributed by atoms with Gasteiger partial charge in [0.2, 0.25) is 0 Å². The molecule has 132 valence electrons. The second-order valence-electron chi connectivity index (χ2n) is 6.35. The van der Waals surface area contributed by atoms with Crippen LogP contribution in [-0.2, 0) is 0 Å². The number of nitrogens with one attached hydrogen (secondary N) is 2. The Hall–Kier alpha value is -2.27. The summed E-state index contributed by atoms with van der Waals surface area (Å²) in [4.78, 5) is 8.53. The number of rotatable bonds is 6. The minimum Gasteiger partial charge on any atom is -0.393 e. The van der Waals surface area contributed by atoms with E-state index in [9.17, 15) is 0 Å². The number of nitrogens with zero attached hydrogens (tertiary/aromatic N) is 2. The molecule has 0 saturated heterocycles. The van der Waals surface area contributed by atoms with E-state index in [-0.39, 0.29) is 0 Å². The predicted octanol–water partition coefficient (Wildman–Crippen LogP) is 5.07. The fraction of sp³-hybridized carbons (Fsp3) is 0.368. The van der Waals surface area contributed by atoms with E-state index in [1.165, 1.54) is 37.6 Å². The first-order chi connectivity index (χ1) is 12.1. The first-order valence-corrected chi connectivity index (χ1v) is 9.06. The van der Waals surface area contributed by atoms with Gasteiger partial charge in [0.1, 0.15) is 12.0 Å². The highest BCUT2D eigenvalue weighted by Crippen LogP contribution is 2.29. The highest BCUT2D eigenvalue weighted by molar-refractivity contribution is 6.30. The molecule has 1 heterocycles. The lowest BCUT2D eigenvalue weighted by molar-refractivity contribution is 0.679. The molecule has 1 aromatic heterocycles. The molecule has 4 N–H and O–H groups in total. The lowest BCUT2D eigenvalue weighted by Crippen LogP contribution is -2.10. The molecule has 3 rings (SSSR count). The smallest absolute Gasteiger partial charge is 0.159 e. The van der Waals surface area contributed by atoms with Crippen LogP contribution in [0.1, 0.15) is 37.7 Å². The number of aryl methyl sites for hydroxylation is 1. The zero-order chi connectivity index (χ0) is 17.6. The minimum absolute atomic E-state index is 0.513. The topological polar surface area (TPSA) is 75.9 Å². The third-order valence-electron chi connectivity index (χ3n) is 4.46. The molecule has 0 amide bonds. The van der Waals surface area contributed by atoms with Gasteiger partial charge in [-0.3, -0.25) is 0 Å². The van der Waals surface area contributed by atoms with Gasteiger partial charge in [0.25, 0.3) is 0 Å². The molecule has 0 unspecified atom stereocenters. The summed E-state index contributed by atoms with van der Waals surface area (Å²) in [6, 6.07) is 5.68. The number of hydrogen-bond acceptors (Lipinski definition) is 5. The molecule has 1 aromatic carbocycles. The Morgan fingerprint density at radius 1 is 1.20 bits per heavy atom. The SMILES string of the molecule is Cc1ccc(Cl)cc1Nc1ncnc(NCCC2=CCCCC2)c1N. The van der Waals surface area contributed by atoms with Crippen LogP contribution in [0.4, 0.5) is 23.0 Å². The summed E-state index contributed by atoms with van der Waals surface area (Å²) < 4.78 is 0. The van der Waals surface area contributed by atoms with Crippen LogP contribution in [0, 0.1) is 6.92 Å². The maximum atomic E-state index is 6.24. The average molecular weight is 358 g/mol. The van der Waals surface area contributed by atoms with Gasteiger partial charge in [-0.1, -0.05) is 29.3 Å². The molecule has 0 saturated carbocycles. The number of benzene rings is 1. The average Bonchev–Trinajstić information content (AvgIpc) is 2.62. The van der Waals surface area contributed by atoms with E-state index in [1.807, 2.05) is 25.1 Å². The van der Waals surface area contributed by atoms with Crippen LogP contribution in [0.5, 0.6) is 0 Å². The van der Waals surface area contributed by atoms with Crippen molar-refractivity contribution in [2.75, 3.05) is 22.9 Å². The van der Waals surface area contributed by atoms with Crippen LogP contribution >= 0.6 is 11.6 Å². The molecule has 25 heavy (non-hydrogen) atoms. The maximum absolute atomic E-state index is 6.24. The normalized spacial score (nSPS) is 14.1. The van der Waals surface area contributed by atoms with E-state index in [4.69, 9.17) is 17.3 Å². The summed E-state index contributed by atoms with van der Waals surface area (Å²) in [6.07, 6.45) is 9.94. The highest BCUT2D eigenvalue weighted by Gasteiger charge is 2.10. The number of hydrogen-bond donors (Lipinski definition) is 3. The molecule has 0 fully saturated rings. The van der Waals surface area contributed by atoms with Crippen LogP contribution in [-0.4, -0.2) is 16.5 Å². The summed E-state index contributed by atoms with van der Waals surface area (Å²) in [5.41, 5.74) is 10.2. The van der Waals surface area contributed by atoms with Crippen LogP contribution in [0.25, 0.3) is 0 Å². The maximum Gasteiger partial charge on any atom is 0.159 e. The number of anilines is 4. The lowest BCUT2D eigenvalue weighted by Gasteiger charge is -2.15. The molecular formula is C19H24ClN5. The standard InChI is InChI=1S/C19H24ClN5/c1-13-7-8-15(20)11-16(13)25-19-17(21)18(23-12-24-19)22-10-9-14-5-3-2-4-6-14/h5,7-8,11-12H,2-4,6,9-10,21H2,1H3,(H2,22,23,24,25). The third-order valence-corrected chi connectivity index (χ3v) is 4.70. The van der Waals surface area contributed by atoms with Crippen molar-refractivity contribution in [1.29, 1.82) is 0 Å². The summed E-state index contributed by atoms with van der Waals surface area (Å²) in [6.45, 7) is 2.83. The molecule has 1 aliphatic rings. The second kappa shape index (κ2) is 8.21. The Labute approximate surface area is 153 Å². The van der Waals surface area contributed by atoms with Crippen molar-refractivity contribution >= 4 is 34.6 Å². The Balaban J connectivity index is 1.67. The molecule has 5 nitrogen and oxygen atoms in total. The molecule has 0 bridgehead atoms. The zero-order valence-corrected chi connectivity index (χ0v) is 15.2. The van der Waals surface area contributed by atoms with E-state index in [1.54, 1.807) is 0 Å². The molecule has 6 heteroatoms. The van der Waals surface area contributed by atoms with Gasteiger partial charge < -0.3 is 16.4 Å². The van der Waals surface area contributed by atoms with E-state index >= 15 is 0 Å². The van der Waals surface area contributed by atoms with Gasteiger partial charge in [0.05, 0.1) is 0 Å². The van der Waals surface area contributed by atoms with Crippen LogP contribution in [0.2, 0.25) is 5.02 Å². The number of allylic oxidation sites excluding steroid dienone is 1. The molecule has 0 spiro atoms. The van der Waals surface area contributed by atoms with E-state index in [0.717, 1.165) is 24.2 Å². The van der Waals surface area contributed by atoms with Gasteiger partial charge in [-0.2, -0.15) is 0 Å². The van der Waals surface area contributed by atoms with Gasteiger partial charge in [-0.05, 0) is 56.7 Å². The van der Waals surface area contributed by atoms with Crippen LogP contribution < -0.4 is 16.4 Å². The quantitative estimate of drug-likeness (QED) is 0.629. The first-order valence-electron chi connectivity index (χ1n) is 8.69.